The Morgan fingerprint density at radius 2 is 1.92 bits per heavy atom. The Kier molecular flexibility index (Phi) is 7.61. The summed E-state index contributed by atoms with van der Waals surface area (Å²) in [6.07, 6.45) is 1.78. The number of aryl methyl sites for hydroxylation is 1. The van der Waals surface area contributed by atoms with Gasteiger partial charge >= 0.3 is 0 Å². The summed E-state index contributed by atoms with van der Waals surface area (Å²) in [6.45, 7) is 3.20. The van der Waals surface area contributed by atoms with Crippen molar-refractivity contribution in [2.24, 2.45) is 10.7 Å². The molecule has 2 rings (SSSR count). The predicted molar refractivity (Wildman–Crippen MR) is 106 cm³/mol. The molecule has 2 aromatic rings. The first-order chi connectivity index (χ1) is 12.7. The molecule has 6 nitrogen and oxygen atoms in total. The van der Waals surface area contributed by atoms with Crippen molar-refractivity contribution in [3.8, 4) is 17.2 Å². The fraction of sp³-hybridized carbons (Fsp3) is 0.350. The van der Waals surface area contributed by atoms with E-state index in [-0.39, 0.29) is 0 Å². The number of hydrogen-bond donors (Lipinski definition) is 2. The van der Waals surface area contributed by atoms with E-state index in [2.05, 4.69) is 10.3 Å². The highest BCUT2D eigenvalue weighted by Crippen LogP contribution is 2.28. The minimum Gasteiger partial charge on any atom is -0.497 e. The lowest BCUT2D eigenvalue weighted by atomic mass is 10.1. The van der Waals surface area contributed by atoms with Crippen LogP contribution in [-0.4, -0.2) is 33.3 Å². The van der Waals surface area contributed by atoms with E-state index in [0.717, 1.165) is 35.8 Å². The summed E-state index contributed by atoms with van der Waals surface area (Å²) in [5, 5.41) is 3.07. The highest BCUT2D eigenvalue weighted by Gasteiger charge is 2.05. The van der Waals surface area contributed by atoms with E-state index in [1.54, 1.807) is 14.2 Å². The SMILES string of the molecule is CCOc1cc(CCCN=C(N)Nc2cccc(OC)c2)ccc1OC. The first-order valence-electron chi connectivity index (χ1n) is 8.67. The maximum Gasteiger partial charge on any atom is 0.193 e. The van der Waals surface area contributed by atoms with E-state index in [1.807, 2.05) is 49.4 Å². The number of aliphatic imine (C=N–C) groups is 1. The first-order valence-corrected chi connectivity index (χ1v) is 8.67. The molecule has 0 spiro atoms. The summed E-state index contributed by atoms with van der Waals surface area (Å²) in [6, 6.07) is 13.6. The van der Waals surface area contributed by atoms with E-state index in [4.69, 9.17) is 19.9 Å². The Balaban J connectivity index is 1.85. The molecule has 0 radical (unpaired) electrons. The second-order valence-corrected chi connectivity index (χ2v) is 5.65. The lowest BCUT2D eigenvalue weighted by molar-refractivity contribution is 0.310. The number of nitrogens with two attached hydrogens (primary N) is 1. The Hall–Kier alpha value is -2.89. The second kappa shape index (κ2) is 10.2. The molecule has 0 aromatic heterocycles. The number of anilines is 1. The van der Waals surface area contributed by atoms with Gasteiger partial charge in [-0.1, -0.05) is 12.1 Å². The van der Waals surface area contributed by atoms with Crippen molar-refractivity contribution in [1.82, 2.24) is 0 Å². The third kappa shape index (κ3) is 5.88. The molecule has 140 valence electrons. The van der Waals surface area contributed by atoms with Crippen LogP contribution in [0.25, 0.3) is 0 Å². The average Bonchev–Trinajstić information content (AvgIpc) is 2.66. The van der Waals surface area contributed by atoms with E-state index in [9.17, 15) is 0 Å². The molecule has 6 heteroatoms. The van der Waals surface area contributed by atoms with E-state index >= 15 is 0 Å². The van der Waals surface area contributed by atoms with Gasteiger partial charge in [-0.15, -0.1) is 0 Å². The summed E-state index contributed by atoms with van der Waals surface area (Å²) < 4.78 is 16.1. The molecule has 3 N–H and O–H groups in total. The van der Waals surface area contributed by atoms with Gasteiger partial charge in [0.2, 0.25) is 0 Å². The van der Waals surface area contributed by atoms with Crippen LogP contribution < -0.4 is 25.3 Å². The van der Waals surface area contributed by atoms with Crippen molar-refractivity contribution in [2.75, 3.05) is 32.7 Å². The number of benzene rings is 2. The van der Waals surface area contributed by atoms with Crippen molar-refractivity contribution < 1.29 is 14.2 Å². The molecule has 0 aliphatic carbocycles. The Bertz CT molecular complexity index is 732. The van der Waals surface area contributed by atoms with Gasteiger partial charge in [-0.25, -0.2) is 0 Å². The number of rotatable bonds is 9. The minimum absolute atomic E-state index is 0.392. The van der Waals surface area contributed by atoms with Crippen LogP contribution in [0.1, 0.15) is 18.9 Å². The smallest absolute Gasteiger partial charge is 0.193 e. The van der Waals surface area contributed by atoms with Gasteiger partial charge < -0.3 is 25.3 Å². The zero-order valence-electron chi connectivity index (χ0n) is 15.6. The standard InChI is InChI=1S/C20H27N3O3/c1-4-26-19-13-15(10-11-18(19)25-3)7-6-12-22-20(21)23-16-8-5-9-17(14-16)24-2/h5,8-11,13-14H,4,6-7,12H2,1-3H3,(H3,21,22,23). The lowest BCUT2D eigenvalue weighted by Crippen LogP contribution is -2.22. The van der Waals surface area contributed by atoms with Gasteiger partial charge in [0.05, 0.1) is 20.8 Å². The Morgan fingerprint density at radius 1 is 1.08 bits per heavy atom. The molecule has 2 aromatic carbocycles. The molecule has 0 heterocycles. The van der Waals surface area contributed by atoms with Gasteiger partial charge in [0, 0.05) is 18.3 Å². The molecule has 0 unspecified atom stereocenters. The van der Waals surface area contributed by atoms with Crippen LogP contribution in [0.15, 0.2) is 47.5 Å². The molecule has 0 atom stereocenters. The topological polar surface area (TPSA) is 78.1 Å². The minimum atomic E-state index is 0.392. The maximum atomic E-state index is 5.94. The van der Waals surface area contributed by atoms with Crippen LogP contribution >= 0.6 is 0 Å². The number of methoxy groups -OCH3 is 2. The molecule has 0 amide bonds. The molecule has 0 aliphatic heterocycles. The summed E-state index contributed by atoms with van der Waals surface area (Å²) >= 11 is 0. The average molecular weight is 357 g/mol. The van der Waals surface area contributed by atoms with Crippen molar-refractivity contribution >= 4 is 11.6 Å². The lowest BCUT2D eigenvalue weighted by Gasteiger charge is -2.11. The van der Waals surface area contributed by atoms with E-state index in [0.29, 0.717) is 19.1 Å². The third-order valence-corrected chi connectivity index (χ3v) is 3.78. The van der Waals surface area contributed by atoms with Crippen LogP contribution in [0.3, 0.4) is 0 Å². The highest BCUT2D eigenvalue weighted by atomic mass is 16.5. The number of guanidine groups is 1. The van der Waals surface area contributed by atoms with Crippen molar-refractivity contribution in [3.05, 3.63) is 48.0 Å². The molecule has 26 heavy (non-hydrogen) atoms. The predicted octanol–water partition coefficient (Wildman–Crippen LogP) is 3.46. The number of nitrogens with zero attached hydrogens (tertiary/aromatic N) is 1. The van der Waals surface area contributed by atoms with Crippen LogP contribution in [0.4, 0.5) is 5.69 Å². The van der Waals surface area contributed by atoms with Crippen LogP contribution in [0.2, 0.25) is 0 Å². The van der Waals surface area contributed by atoms with Gasteiger partial charge in [0.15, 0.2) is 17.5 Å². The molecule has 0 aliphatic rings. The van der Waals surface area contributed by atoms with Gasteiger partial charge in [-0.05, 0) is 49.6 Å². The number of nitrogens with one attached hydrogen (secondary N) is 1. The first kappa shape index (κ1) is 19.4. The summed E-state index contributed by atoms with van der Waals surface area (Å²) in [4.78, 5) is 4.37. The number of ether oxygens (including phenoxy) is 3. The van der Waals surface area contributed by atoms with Gasteiger partial charge in [-0.3, -0.25) is 4.99 Å². The molecule has 0 saturated heterocycles. The molecular formula is C20H27N3O3. The Labute approximate surface area is 155 Å². The third-order valence-electron chi connectivity index (χ3n) is 3.78. The van der Waals surface area contributed by atoms with Gasteiger partial charge in [-0.2, -0.15) is 0 Å². The molecular weight excluding hydrogens is 330 g/mol. The monoisotopic (exact) mass is 357 g/mol. The van der Waals surface area contributed by atoms with Crippen LogP contribution in [-0.2, 0) is 6.42 Å². The Morgan fingerprint density at radius 3 is 2.65 bits per heavy atom. The van der Waals surface area contributed by atoms with E-state index < -0.39 is 0 Å². The van der Waals surface area contributed by atoms with Gasteiger partial charge in [0.25, 0.3) is 0 Å². The highest BCUT2D eigenvalue weighted by molar-refractivity contribution is 5.92. The summed E-state index contributed by atoms with van der Waals surface area (Å²) in [5.74, 6) is 2.69. The van der Waals surface area contributed by atoms with E-state index in [1.165, 1.54) is 5.56 Å². The summed E-state index contributed by atoms with van der Waals surface area (Å²) in [7, 11) is 3.27. The van der Waals surface area contributed by atoms with Crippen molar-refractivity contribution in [1.29, 1.82) is 0 Å². The van der Waals surface area contributed by atoms with Gasteiger partial charge in [0.1, 0.15) is 5.75 Å². The fourth-order valence-electron chi connectivity index (χ4n) is 2.52. The zero-order chi connectivity index (χ0) is 18.8. The zero-order valence-corrected chi connectivity index (χ0v) is 15.6. The van der Waals surface area contributed by atoms with Crippen molar-refractivity contribution in [2.45, 2.75) is 19.8 Å². The largest absolute Gasteiger partial charge is 0.497 e. The normalized spacial score (nSPS) is 11.1. The van der Waals surface area contributed by atoms with Crippen molar-refractivity contribution in [3.63, 3.8) is 0 Å². The summed E-state index contributed by atoms with van der Waals surface area (Å²) in [5.41, 5.74) is 7.97. The molecule has 0 saturated carbocycles. The fourth-order valence-corrected chi connectivity index (χ4v) is 2.52. The number of hydrogen-bond acceptors (Lipinski definition) is 4. The second-order valence-electron chi connectivity index (χ2n) is 5.65. The van der Waals surface area contributed by atoms with Crippen LogP contribution in [0, 0.1) is 0 Å². The maximum absolute atomic E-state index is 5.94. The molecule has 0 fully saturated rings. The van der Waals surface area contributed by atoms with Crippen LogP contribution in [0.5, 0.6) is 17.2 Å². The molecule has 0 bridgehead atoms. The quantitative estimate of drug-likeness (QED) is 0.408.